The van der Waals surface area contributed by atoms with Crippen LogP contribution in [0.25, 0.3) is 0 Å². The van der Waals surface area contributed by atoms with Crippen molar-refractivity contribution < 1.29 is 19.4 Å². The summed E-state index contributed by atoms with van der Waals surface area (Å²) in [6, 6.07) is 14.7. The summed E-state index contributed by atoms with van der Waals surface area (Å²) in [4.78, 5) is 26.1. The third-order valence-corrected chi connectivity index (χ3v) is 8.36. The predicted molar refractivity (Wildman–Crippen MR) is 130 cm³/mol. The number of Topliss-reactive ketones (excluding diaryl/α,β-unsaturated/α-hetero) is 1. The van der Waals surface area contributed by atoms with Crippen LogP contribution in [-0.2, 0) is 16.0 Å². The highest BCUT2D eigenvalue weighted by molar-refractivity contribution is 6.88. The number of carbonyl (C=O) groups excluding carboxylic acids is 2. The molecule has 2 aromatic rings. The average molecular weight is 454 g/mol. The first-order valence-electron chi connectivity index (χ1n) is 11.4. The van der Waals surface area contributed by atoms with Gasteiger partial charge in [-0.25, -0.2) is 0 Å². The molecule has 1 fully saturated rings. The zero-order valence-electron chi connectivity index (χ0n) is 19.6. The molecule has 1 atom stereocenters. The zero-order chi connectivity index (χ0) is 23.4. The molecule has 2 N–H and O–H groups in total. The van der Waals surface area contributed by atoms with Crippen LogP contribution in [0.3, 0.4) is 0 Å². The lowest BCUT2D eigenvalue weighted by molar-refractivity contribution is -0.130. The summed E-state index contributed by atoms with van der Waals surface area (Å²) in [5, 5.41) is 14.9. The molecule has 1 saturated carbocycles. The van der Waals surface area contributed by atoms with E-state index in [1.54, 1.807) is 31.4 Å². The number of hydrogen-bond acceptors (Lipinski definition) is 4. The molecule has 1 aliphatic carbocycles. The van der Waals surface area contributed by atoms with Crippen LogP contribution in [-0.4, -0.2) is 37.6 Å². The Bertz CT molecular complexity index is 926. The van der Waals surface area contributed by atoms with E-state index in [0.717, 1.165) is 18.4 Å². The van der Waals surface area contributed by atoms with Gasteiger partial charge in [-0.05, 0) is 36.1 Å². The maximum atomic E-state index is 13.3. The molecule has 2 aromatic carbocycles. The largest absolute Gasteiger partial charge is 0.497 e. The van der Waals surface area contributed by atoms with Crippen molar-refractivity contribution in [1.82, 2.24) is 5.32 Å². The van der Waals surface area contributed by atoms with Crippen LogP contribution < -0.4 is 15.2 Å². The van der Waals surface area contributed by atoms with E-state index in [9.17, 15) is 14.7 Å². The standard InChI is InChI=1S/C26H35NO4Si/c1-31-21-11-9-20(10-12-21)25(27-24(29)18-26(30)15-5-6-16-26)23(28)17-19-7-13-22(14-8-19)32(2,3)4/h7-14,25,30H,5-6,15-18H2,1-4H3,(H,27,29). The average Bonchev–Trinajstić information content (AvgIpc) is 3.17. The van der Waals surface area contributed by atoms with Gasteiger partial charge in [0.1, 0.15) is 11.8 Å². The van der Waals surface area contributed by atoms with Gasteiger partial charge in [-0.1, -0.05) is 74.1 Å². The fraction of sp³-hybridized carbons (Fsp3) is 0.462. The number of aliphatic hydroxyl groups is 1. The maximum absolute atomic E-state index is 13.3. The molecule has 0 aliphatic heterocycles. The molecule has 1 unspecified atom stereocenters. The summed E-state index contributed by atoms with van der Waals surface area (Å²) in [6.45, 7) is 6.88. The summed E-state index contributed by atoms with van der Waals surface area (Å²) in [6.07, 6.45) is 3.37. The van der Waals surface area contributed by atoms with Gasteiger partial charge in [0.15, 0.2) is 5.78 Å². The number of carbonyl (C=O) groups is 2. The minimum absolute atomic E-state index is 0.0256. The van der Waals surface area contributed by atoms with Gasteiger partial charge >= 0.3 is 0 Å². The number of methoxy groups -OCH3 is 1. The minimum atomic E-state index is -1.40. The van der Waals surface area contributed by atoms with Gasteiger partial charge < -0.3 is 15.2 Å². The zero-order valence-corrected chi connectivity index (χ0v) is 20.6. The Hall–Kier alpha value is -2.44. The summed E-state index contributed by atoms with van der Waals surface area (Å²) in [5.74, 6) is 0.314. The minimum Gasteiger partial charge on any atom is -0.497 e. The number of amides is 1. The Balaban J connectivity index is 1.77. The molecule has 0 bridgehead atoms. The van der Waals surface area contributed by atoms with Crippen LogP contribution >= 0.6 is 0 Å². The Morgan fingerprint density at radius 1 is 1.03 bits per heavy atom. The van der Waals surface area contributed by atoms with Gasteiger partial charge in [-0.15, -0.1) is 0 Å². The van der Waals surface area contributed by atoms with Crippen LogP contribution in [0.4, 0.5) is 0 Å². The van der Waals surface area contributed by atoms with Crippen molar-refractivity contribution in [2.75, 3.05) is 7.11 Å². The van der Waals surface area contributed by atoms with Crippen molar-refractivity contribution in [1.29, 1.82) is 0 Å². The van der Waals surface area contributed by atoms with E-state index in [1.807, 2.05) is 12.1 Å². The third-order valence-electron chi connectivity index (χ3n) is 6.30. The second-order valence-electron chi connectivity index (χ2n) is 9.97. The first-order chi connectivity index (χ1) is 15.1. The van der Waals surface area contributed by atoms with E-state index < -0.39 is 19.7 Å². The second kappa shape index (κ2) is 10.0. The molecule has 3 rings (SSSR count). The molecule has 0 radical (unpaired) electrons. The normalized spacial score (nSPS) is 16.4. The maximum Gasteiger partial charge on any atom is 0.223 e. The fourth-order valence-electron chi connectivity index (χ4n) is 4.29. The Kier molecular flexibility index (Phi) is 7.57. The highest BCUT2D eigenvalue weighted by Crippen LogP contribution is 2.32. The monoisotopic (exact) mass is 453 g/mol. The van der Waals surface area contributed by atoms with Gasteiger partial charge in [-0.3, -0.25) is 9.59 Å². The van der Waals surface area contributed by atoms with E-state index >= 15 is 0 Å². The smallest absolute Gasteiger partial charge is 0.223 e. The lowest BCUT2D eigenvalue weighted by Gasteiger charge is -2.24. The van der Waals surface area contributed by atoms with Crippen LogP contribution in [0.5, 0.6) is 5.75 Å². The number of rotatable bonds is 9. The summed E-state index contributed by atoms with van der Waals surface area (Å²) >= 11 is 0. The molecular formula is C26H35NO4Si. The third kappa shape index (κ3) is 6.30. The van der Waals surface area contributed by atoms with Crippen molar-refractivity contribution in [2.24, 2.45) is 0 Å². The molecule has 0 spiro atoms. The van der Waals surface area contributed by atoms with Crippen LogP contribution in [0.1, 0.15) is 49.3 Å². The SMILES string of the molecule is COc1ccc(C(NC(=O)CC2(O)CCCC2)C(=O)Cc2ccc([Si](C)(C)C)cc2)cc1. The van der Waals surface area contributed by atoms with Gasteiger partial charge in [-0.2, -0.15) is 0 Å². The molecule has 5 nitrogen and oxygen atoms in total. The van der Waals surface area contributed by atoms with Gasteiger partial charge in [0, 0.05) is 6.42 Å². The first-order valence-corrected chi connectivity index (χ1v) is 14.9. The molecule has 0 aromatic heterocycles. The van der Waals surface area contributed by atoms with Crippen molar-refractivity contribution >= 4 is 25.0 Å². The van der Waals surface area contributed by atoms with Crippen LogP contribution in [0.15, 0.2) is 48.5 Å². The lowest BCUT2D eigenvalue weighted by atomic mass is 9.95. The van der Waals surface area contributed by atoms with Crippen LogP contribution in [0, 0.1) is 0 Å². The van der Waals surface area contributed by atoms with E-state index in [0.29, 0.717) is 24.2 Å². The Morgan fingerprint density at radius 3 is 2.16 bits per heavy atom. The topological polar surface area (TPSA) is 75.6 Å². The number of hydrogen-bond donors (Lipinski definition) is 2. The summed E-state index contributed by atoms with van der Waals surface area (Å²) < 4.78 is 5.22. The van der Waals surface area contributed by atoms with Crippen molar-refractivity contribution in [2.45, 2.75) is 69.8 Å². The van der Waals surface area contributed by atoms with Gasteiger partial charge in [0.2, 0.25) is 5.91 Å². The molecular weight excluding hydrogens is 418 g/mol. The van der Waals surface area contributed by atoms with Crippen LogP contribution in [0.2, 0.25) is 19.6 Å². The molecule has 0 saturated heterocycles. The fourth-order valence-corrected chi connectivity index (χ4v) is 5.46. The molecule has 1 aliphatic rings. The molecule has 6 heteroatoms. The first kappa shape index (κ1) is 24.2. The van der Waals surface area contributed by atoms with E-state index in [1.165, 1.54) is 5.19 Å². The second-order valence-corrected chi connectivity index (χ2v) is 15.0. The Morgan fingerprint density at radius 2 is 1.62 bits per heavy atom. The number of nitrogens with one attached hydrogen (secondary N) is 1. The van der Waals surface area contributed by atoms with E-state index in [4.69, 9.17) is 4.74 Å². The van der Waals surface area contributed by atoms with Gasteiger partial charge in [0.05, 0.1) is 27.2 Å². The Labute approximate surface area is 192 Å². The molecule has 1 amide bonds. The molecule has 0 heterocycles. The number of ether oxygens (including phenoxy) is 1. The number of benzene rings is 2. The number of ketones is 1. The quantitative estimate of drug-likeness (QED) is 0.565. The van der Waals surface area contributed by atoms with Crippen molar-refractivity contribution in [3.8, 4) is 5.75 Å². The highest BCUT2D eigenvalue weighted by Gasteiger charge is 2.34. The van der Waals surface area contributed by atoms with E-state index in [-0.39, 0.29) is 24.5 Å². The molecule has 32 heavy (non-hydrogen) atoms. The summed E-state index contributed by atoms with van der Waals surface area (Å²) in [5.41, 5.74) is 0.685. The molecule has 172 valence electrons. The lowest BCUT2D eigenvalue weighted by Crippen LogP contribution is -2.39. The summed E-state index contributed by atoms with van der Waals surface area (Å²) in [7, 11) is 0.185. The van der Waals surface area contributed by atoms with Crippen molar-refractivity contribution in [3.05, 3.63) is 59.7 Å². The van der Waals surface area contributed by atoms with Gasteiger partial charge in [0.25, 0.3) is 0 Å². The van der Waals surface area contributed by atoms with Crippen molar-refractivity contribution in [3.63, 3.8) is 0 Å². The highest BCUT2D eigenvalue weighted by atomic mass is 28.3. The predicted octanol–water partition coefficient (Wildman–Crippen LogP) is 3.90. The van der Waals surface area contributed by atoms with E-state index in [2.05, 4.69) is 37.1 Å².